The molecule has 2 aromatic carbocycles. The van der Waals surface area contributed by atoms with Crippen molar-refractivity contribution < 1.29 is 18.0 Å². The van der Waals surface area contributed by atoms with Gasteiger partial charge in [-0.15, -0.1) is 0 Å². The molecule has 0 aliphatic carbocycles. The van der Waals surface area contributed by atoms with Gasteiger partial charge in [0, 0.05) is 11.1 Å². The second-order valence-electron chi connectivity index (χ2n) is 5.12. The standard InChI is InChI=1S/C17H10ClF3N2OS/c18-12-7-2-1-6-11(12)14(24)15-13(23-16(22)25-15)9-4-3-5-10(8-9)17(19,20)21/h1-8H,(H2,22,23). The molecule has 2 N–H and O–H groups in total. The molecule has 0 aliphatic heterocycles. The van der Waals surface area contributed by atoms with Crippen molar-refractivity contribution in [3.8, 4) is 11.3 Å². The van der Waals surface area contributed by atoms with E-state index in [0.29, 0.717) is 0 Å². The van der Waals surface area contributed by atoms with Crippen LogP contribution in [0.5, 0.6) is 0 Å². The molecule has 25 heavy (non-hydrogen) atoms. The Hall–Kier alpha value is -2.38. The summed E-state index contributed by atoms with van der Waals surface area (Å²) in [7, 11) is 0. The maximum atomic E-state index is 12.9. The number of aromatic nitrogens is 1. The number of thiazole rings is 1. The average molecular weight is 383 g/mol. The number of alkyl halides is 3. The van der Waals surface area contributed by atoms with Crippen molar-refractivity contribution in [1.82, 2.24) is 4.98 Å². The minimum atomic E-state index is -4.50. The van der Waals surface area contributed by atoms with Gasteiger partial charge >= 0.3 is 6.18 Å². The van der Waals surface area contributed by atoms with E-state index >= 15 is 0 Å². The first-order valence-electron chi connectivity index (χ1n) is 7.00. The summed E-state index contributed by atoms with van der Waals surface area (Å²) >= 11 is 6.95. The number of ketones is 1. The molecule has 8 heteroatoms. The van der Waals surface area contributed by atoms with E-state index in [9.17, 15) is 18.0 Å². The summed E-state index contributed by atoms with van der Waals surface area (Å²) in [5, 5.41) is 0.331. The van der Waals surface area contributed by atoms with Crippen LogP contribution in [0.25, 0.3) is 11.3 Å². The predicted octanol–water partition coefficient (Wildman–Crippen LogP) is 5.30. The maximum absolute atomic E-state index is 12.9. The maximum Gasteiger partial charge on any atom is 0.416 e. The second-order valence-corrected chi connectivity index (χ2v) is 6.56. The van der Waals surface area contributed by atoms with Crippen LogP contribution in [0.2, 0.25) is 5.02 Å². The molecular formula is C17H10ClF3N2OS. The zero-order chi connectivity index (χ0) is 18.2. The number of nitrogens with zero attached hydrogens (tertiary/aromatic N) is 1. The average Bonchev–Trinajstić information content (AvgIpc) is 2.96. The Morgan fingerprint density at radius 1 is 1.12 bits per heavy atom. The van der Waals surface area contributed by atoms with Crippen molar-refractivity contribution in [2.45, 2.75) is 6.18 Å². The molecule has 3 rings (SSSR count). The van der Waals surface area contributed by atoms with Gasteiger partial charge in [0.1, 0.15) is 4.88 Å². The Morgan fingerprint density at radius 2 is 1.84 bits per heavy atom. The summed E-state index contributed by atoms with van der Waals surface area (Å²) in [6.07, 6.45) is -4.50. The fourth-order valence-electron chi connectivity index (χ4n) is 2.30. The van der Waals surface area contributed by atoms with Gasteiger partial charge in [0.05, 0.1) is 16.3 Å². The molecule has 128 valence electrons. The minimum Gasteiger partial charge on any atom is -0.375 e. The third-order valence-corrected chi connectivity index (χ3v) is 4.64. The fourth-order valence-corrected chi connectivity index (χ4v) is 3.33. The van der Waals surface area contributed by atoms with Crippen molar-refractivity contribution in [3.63, 3.8) is 0 Å². The molecule has 0 fully saturated rings. The van der Waals surface area contributed by atoms with Crippen molar-refractivity contribution in [3.05, 3.63) is 69.6 Å². The number of benzene rings is 2. The first-order chi connectivity index (χ1) is 11.8. The summed E-state index contributed by atoms with van der Waals surface area (Å²) in [6, 6.07) is 11.0. The summed E-state index contributed by atoms with van der Waals surface area (Å²) in [6.45, 7) is 0. The van der Waals surface area contributed by atoms with Gasteiger partial charge in [-0.25, -0.2) is 4.98 Å². The lowest BCUT2D eigenvalue weighted by atomic mass is 10.0. The van der Waals surface area contributed by atoms with E-state index in [1.165, 1.54) is 18.2 Å². The first kappa shape index (κ1) is 17.4. The number of hydrogen-bond acceptors (Lipinski definition) is 4. The first-order valence-corrected chi connectivity index (χ1v) is 8.20. The molecule has 3 nitrogen and oxygen atoms in total. The Labute approximate surface area is 149 Å². The van der Waals surface area contributed by atoms with Crippen molar-refractivity contribution in [2.24, 2.45) is 0 Å². The van der Waals surface area contributed by atoms with Crippen LogP contribution in [0.3, 0.4) is 0 Å². The molecule has 0 spiro atoms. The van der Waals surface area contributed by atoms with Gasteiger partial charge in [0.25, 0.3) is 0 Å². The Bertz CT molecular complexity index is 953. The highest BCUT2D eigenvalue weighted by atomic mass is 35.5. The van der Waals surface area contributed by atoms with Crippen LogP contribution in [0, 0.1) is 0 Å². The molecule has 1 aromatic heterocycles. The van der Waals surface area contributed by atoms with Gasteiger partial charge in [-0.2, -0.15) is 13.2 Å². The van der Waals surface area contributed by atoms with Crippen LogP contribution >= 0.6 is 22.9 Å². The van der Waals surface area contributed by atoms with E-state index in [1.54, 1.807) is 18.2 Å². The topological polar surface area (TPSA) is 56.0 Å². The van der Waals surface area contributed by atoms with Gasteiger partial charge in [-0.1, -0.05) is 47.2 Å². The molecule has 0 saturated carbocycles. The number of hydrogen-bond donors (Lipinski definition) is 1. The quantitative estimate of drug-likeness (QED) is 0.626. The lowest BCUT2D eigenvalue weighted by Crippen LogP contribution is -2.05. The smallest absolute Gasteiger partial charge is 0.375 e. The highest BCUT2D eigenvalue weighted by Crippen LogP contribution is 2.36. The van der Waals surface area contributed by atoms with E-state index in [2.05, 4.69) is 4.98 Å². The summed E-state index contributed by atoms with van der Waals surface area (Å²) in [5.74, 6) is -0.438. The van der Waals surface area contributed by atoms with Crippen LogP contribution in [0.4, 0.5) is 18.3 Å². The highest BCUT2D eigenvalue weighted by molar-refractivity contribution is 7.18. The monoisotopic (exact) mass is 382 g/mol. The van der Waals surface area contributed by atoms with Gasteiger partial charge in [-0.3, -0.25) is 4.79 Å². The van der Waals surface area contributed by atoms with Gasteiger partial charge < -0.3 is 5.73 Å². The van der Waals surface area contributed by atoms with Crippen molar-refractivity contribution in [1.29, 1.82) is 0 Å². The third kappa shape index (κ3) is 3.52. The highest BCUT2D eigenvalue weighted by Gasteiger charge is 2.31. The predicted molar refractivity (Wildman–Crippen MR) is 91.8 cm³/mol. The lowest BCUT2D eigenvalue weighted by molar-refractivity contribution is -0.137. The van der Waals surface area contributed by atoms with E-state index in [-0.39, 0.29) is 31.9 Å². The Balaban J connectivity index is 2.12. The molecule has 0 unspecified atom stereocenters. The number of carbonyl (C=O) groups is 1. The Morgan fingerprint density at radius 3 is 2.52 bits per heavy atom. The van der Waals surface area contributed by atoms with Gasteiger partial charge in [0.2, 0.25) is 5.78 Å². The lowest BCUT2D eigenvalue weighted by Gasteiger charge is -2.08. The van der Waals surface area contributed by atoms with Crippen molar-refractivity contribution >= 4 is 33.9 Å². The van der Waals surface area contributed by atoms with Crippen LogP contribution in [0.1, 0.15) is 20.8 Å². The van der Waals surface area contributed by atoms with Crippen LogP contribution in [0.15, 0.2) is 48.5 Å². The third-order valence-electron chi connectivity index (χ3n) is 3.43. The number of rotatable bonds is 3. The molecule has 0 amide bonds. The second kappa shape index (κ2) is 6.50. The van der Waals surface area contributed by atoms with Crippen LogP contribution in [-0.2, 0) is 6.18 Å². The van der Waals surface area contributed by atoms with Crippen LogP contribution < -0.4 is 5.73 Å². The molecule has 0 saturated heterocycles. The molecule has 0 bridgehead atoms. The number of anilines is 1. The van der Waals surface area contributed by atoms with Gasteiger partial charge in [-0.05, 0) is 24.3 Å². The molecule has 0 radical (unpaired) electrons. The Kier molecular flexibility index (Phi) is 4.53. The zero-order valence-electron chi connectivity index (χ0n) is 12.5. The summed E-state index contributed by atoms with van der Waals surface area (Å²) in [5.41, 5.74) is 5.38. The van der Waals surface area contributed by atoms with Gasteiger partial charge in [0.15, 0.2) is 5.13 Å². The molecule has 1 heterocycles. The fraction of sp³-hybridized carbons (Fsp3) is 0.0588. The zero-order valence-corrected chi connectivity index (χ0v) is 14.0. The summed E-state index contributed by atoms with van der Waals surface area (Å²) < 4.78 is 38.8. The minimum absolute atomic E-state index is 0.0859. The number of nitrogen functional groups attached to an aromatic ring is 1. The van der Waals surface area contributed by atoms with Crippen molar-refractivity contribution in [2.75, 3.05) is 5.73 Å². The van der Waals surface area contributed by atoms with E-state index in [1.807, 2.05) is 0 Å². The summed E-state index contributed by atoms with van der Waals surface area (Å²) in [4.78, 5) is 17.0. The van der Waals surface area contributed by atoms with E-state index < -0.39 is 17.5 Å². The molecular weight excluding hydrogens is 373 g/mol. The number of halogens is 4. The number of carbonyl (C=O) groups excluding carboxylic acids is 1. The largest absolute Gasteiger partial charge is 0.416 e. The number of nitrogens with two attached hydrogens (primary N) is 1. The van der Waals surface area contributed by atoms with E-state index in [0.717, 1.165) is 23.5 Å². The molecule has 0 aliphatic rings. The van der Waals surface area contributed by atoms with Crippen LogP contribution in [-0.4, -0.2) is 10.8 Å². The molecule has 0 atom stereocenters. The molecule has 3 aromatic rings. The normalized spacial score (nSPS) is 11.5. The van der Waals surface area contributed by atoms with E-state index in [4.69, 9.17) is 17.3 Å². The SMILES string of the molecule is Nc1nc(-c2cccc(C(F)(F)F)c2)c(C(=O)c2ccccc2Cl)s1.